The van der Waals surface area contributed by atoms with Crippen LogP contribution < -0.4 is 14.8 Å². The lowest BCUT2D eigenvalue weighted by atomic mass is 9.93. The van der Waals surface area contributed by atoms with Crippen molar-refractivity contribution in [3.8, 4) is 5.75 Å². The van der Waals surface area contributed by atoms with E-state index in [0.29, 0.717) is 13.0 Å². The van der Waals surface area contributed by atoms with Crippen LogP contribution in [0.2, 0.25) is 0 Å². The van der Waals surface area contributed by atoms with Gasteiger partial charge in [0.25, 0.3) is 0 Å². The van der Waals surface area contributed by atoms with Crippen LogP contribution in [0.5, 0.6) is 5.75 Å². The Kier molecular flexibility index (Phi) is 10.4. The molecule has 0 bridgehead atoms. The molecular formula is C26H36N2O5S. The maximum Gasteiger partial charge on any atom is 0.322 e. The number of hydrogen-bond donors (Lipinski definition) is 3. The van der Waals surface area contributed by atoms with Gasteiger partial charge in [-0.05, 0) is 80.8 Å². The minimum atomic E-state index is -3.74. The summed E-state index contributed by atoms with van der Waals surface area (Å²) in [4.78, 5) is 11.7. The van der Waals surface area contributed by atoms with E-state index >= 15 is 0 Å². The molecule has 1 aliphatic rings. The van der Waals surface area contributed by atoms with E-state index in [1.807, 2.05) is 42.5 Å². The molecule has 1 unspecified atom stereocenters. The molecule has 0 amide bonds. The van der Waals surface area contributed by atoms with E-state index in [0.717, 1.165) is 48.7 Å². The van der Waals surface area contributed by atoms with Crippen LogP contribution in [0.25, 0.3) is 0 Å². The second kappa shape index (κ2) is 13.5. The minimum absolute atomic E-state index is 0.0659. The summed E-state index contributed by atoms with van der Waals surface area (Å²) in [6.45, 7) is 2.92. The Morgan fingerprint density at radius 1 is 1.03 bits per heavy atom. The zero-order valence-corrected chi connectivity index (χ0v) is 20.4. The van der Waals surface area contributed by atoms with Crippen molar-refractivity contribution in [1.29, 1.82) is 0 Å². The Morgan fingerprint density at radius 3 is 2.41 bits per heavy atom. The van der Waals surface area contributed by atoms with Crippen LogP contribution in [0.1, 0.15) is 43.2 Å². The van der Waals surface area contributed by atoms with Crippen LogP contribution in [0, 0.1) is 5.92 Å². The first-order valence-electron chi connectivity index (χ1n) is 12.1. The van der Waals surface area contributed by atoms with E-state index in [4.69, 9.17) is 4.74 Å². The normalized spacial score (nSPS) is 15.6. The summed E-state index contributed by atoms with van der Waals surface area (Å²) in [5.74, 6) is 0.211. The first-order valence-corrected chi connectivity index (χ1v) is 13.8. The summed E-state index contributed by atoms with van der Waals surface area (Å²) < 4.78 is 33.0. The largest absolute Gasteiger partial charge is 0.494 e. The van der Waals surface area contributed by atoms with Gasteiger partial charge in [0, 0.05) is 0 Å². The number of carboxylic acids is 1. The number of sulfonamides is 1. The van der Waals surface area contributed by atoms with Gasteiger partial charge in [-0.25, -0.2) is 13.1 Å². The fourth-order valence-electron chi connectivity index (χ4n) is 4.20. The third kappa shape index (κ3) is 9.44. The monoisotopic (exact) mass is 488 g/mol. The summed E-state index contributed by atoms with van der Waals surface area (Å²) in [6.07, 6.45) is 6.35. The molecule has 3 rings (SSSR count). The molecule has 7 nitrogen and oxygen atoms in total. The molecular weight excluding hydrogens is 452 g/mol. The number of piperidine rings is 1. The Hall–Kier alpha value is -2.42. The summed E-state index contributed by atoms with van der Waals surface area (Å²) in [5.41, 5.74) is 1.62. The topological polar surface area (TPSA) is 105 Å². The number of ether oxygens (including phenoxy) is 1. The maximum absolute atomic E-state index is 12.4. The molecule has 1 saturated heterocycles. The van der Waals surface area contributed by atoms with Gasteiger partial charge < -0.3 is 15.2 Å². The van der Waals surface area contributed by atoms with Gasteiger partial charge >= 0.3 is 5.97 Å². The molecule has 0 radical (unpaired) electrons. The van der Waals surface area contributed by atoms with Crippen molar-refractivity contribution in [3.63, 3.8) is 0 Å². The van der Waals surface area contributed by atoms with Gasteiger partial charge in [-0.15, -0.1) is 0 Å². The second-order valence-electron chi connectivity index (χ2n) is 8.95. The average molecular weight is 489 g/mol. The van der Waals surface area contributed by atoms with Crippen LogP contribution in [0.15, 0.2) is 54.6 Å². The SMILES string of the molecule is O=C(O)C(Cc1ccc(OCCCCC2CCNCC2)cc1)NS(=O)(=O)CCc1ccccc1. The zero-order valence-electron chi connectivity index (χ0n) is 19.6. The van der Waals surface area contributed by atoms with E-state index in [9.17, 15) is 18.3 Å². The molecule has 8 heteroatoms. The van der Waals surface area contributed by atoms with Crippen molar-refractivity contribution >= 4 is 16.0 Å². The first-order chi connectivity index (χ1) is 16.4. The molecule has 2 aromatic rings. The standard InChI is InChI=1S/C26H36N2O5S/c29-26(30)25(28-34(31,32)19-15-21-6-2-1-3-7-21)20-23-9-11-24(12-10-23)33-18-5-4-8-22-13-16-27-17-14-22/h1-3,6-7,9-12,22,25,27-28H,4-5,8,13-20H2,(H,29,30). The van der Waals surface area contributed by atoms with Crippen LogP contribution in [0.3, 0.4) is 0 Å². The van der Waals surface area contributed by atoms with Crippen molar-refractivity contribution in [3.05, 3.63) is 65.7 Å². The lowest BCUT2D eigenvalue weighted by Crippen LogP contribution is -2.43. The molecule has 0 saturated carbocycles. The number of unbranched alkanes of at least 4 members (excludes halogenated alkanes) is 1. The fraction of sp³-hybridized carbons (Fsp3) is 0.500. The molecule has 0 aliphatic carbocycles. The first kappa shape index (κ1) is 26.2. The van der Waals surface area contributed by atoms with E-state index < -0.39 is 22.0 Å². The highest BCUT2D eigenvalue weighted by Gasteiger charge is 2.24. The quantitative estimate of drug-likeness (QED) is 0.352. The highest BCUT2D eigenvalue weighted by atomic mass is 32.2. The van der Waals surface area contributed by atoms with Crippen LogP contribution in [-0.4, -0.2) is 51.0 Å². The van der Waals surface area contributed by atoms with Crippen molar-refractivity contribution in [1.82, 2.24) is 10.0 Å². The molecule has 0 aromatic heterocycles. The number of hydrogen-bond acceptors (Lipinski definition) is 5. The molecule has 3 N–H and O–H groups in total. The molecule has 1 atom stereocenters. The predicted molar refractivity (Wildman–Crippen MR) is 134 cm³/mol. The van der Waals surface area contributed by atoms with Gasteiger partial charge in [-0.3, -0.25) is 4.79 Å². The van der Waals surface area contributed by atoms with E-state index in [1.165, 1.54) is 19.3 Å². The predicted octanol–water partition coefficient (Wildman–Crippen LogP) is 3.39. The molecule has 1 heterocycles. The summed E-state index contributed by atoms with van der Waals surface area (Å²) in [6, 6.07) is 15.2. The van der Waals surface area contributed by atoms with Crippen molar-refractivity contribution in [2.75, 3.05) is 25.4 Å². The number of aliphatic carboxylic acids is 1. The number of carboxylic acid groups (broad SMARTS) is 1. The summed E-state index contributed by atoms with van der Waals surface area (Å²) >= 11 is 0. The van der Waals surface area contributed by atoms with Crippen LogP contribution in [-0.2, 0) is 27.7 Å². The minimum Gasteiger partial charge on any atom is -0.494 e. The lowest BCUT2D eigenvalue weighted by Gasteiger charge is -2.22. The van der Waals surface area contributed by atoms with Crippen molar-refractivity contribution < 1.29 is 23.1 Å². The van der Waals surface area contributed by atoms with Gasteiger partial charge in [0.05, 0.1) is 12.4 Å². The third-order valence-electron chi connectivity index (χ3n) is 6.22. The van der Waals surface area contributed by atoms with Gasteiger partial charge in [-0.1, -0.05) is 48.9 Å². The van der Waals surface area contributed by atoms with E-state index in [-0.39, 0.29) is 12.2 Å². The second-order valence-corrected chi connectivity index (χ2v) is 10.8. The Labute approximate surface area is 203 Å². The van der Waals surface area contributed by atoms with Crippen LogP contribution in [0.4, 0.5) is 0 Å². The number of benzene rings is 2. The van der Waals surface area contributed by atoms with Gasteiger partial charge in [-0.2, -0.15) is 0 Å². The number of rotatable bonds is 14. The Balaban J connectivity index is 1.41. The Bertz CT molecular complexity index is 974. The van der Waals surface area contributed by atoms with Gasteiger partial charge in [0.2, 0.25) is 10.0 Å². The van der Waals surface area contributed by atoms with Gasteiger partial charge in [0.1, 0.15) is 11.8 Å². The maximum atomic E-state index is 12.4. The Morgan fingerprint density at radius 2 is 1.74 bits per heavy atom. The molecule has 34 heavy (non-hydrogen) atoms. The molecule has 1 aliphatic heterocycles. The molecule has 186 valence electrons. The van der Waals surface area contributed by atoms with Gasteiger partial charge in [0.15, 0.2) is 0 Å². The third-order valence-corrected chi connectivity index (χ3v) is 7.60. The van der Waals surface area contributed by atoms with Crippen molar-refractivity contribution in [2.24, 2.45) is 5.92 Å². The summed E-state index contributed by atoms with van der Waals surface area (Å²) in [7, 11) is -3.74. The number of nitrogens with one attached hydrogen (secondary N) is 2. The summed E-state index contributed by atoms with van der Waals surface area (Å²) in [5, 5.41) is 12.9. The fourth-order valence-corrected chi connectivity index (χ4v) is 5.44. The number of carbonyl (C=O) groups is 1. The van der Waals surface area contributed by atoms with E-state index in [1.54, 1.807) is 12.1 Å². The van der Waals surface area contributed by atoms with Crippen LogP contribution >= 0.6 is 0 Å². The molecule has 0 spiro atoms. The highest BCUT2D eigenvalue weighted by molar-refractivity contribution is 7.89. The highest BCUT2D eigenvalue weighted by Crippen LogP contribution is 2.19. The smallest absolute Gasteiger partial charge is 0.322 e. The zero-order chi connectivity index (χ0) is 24.2. The average Bonchev–Trinajstić information content (AvgIpc) is 2.84. The van der Waals surface area contributed by atoms with E-state index in [2.05, 4.69) is 10.0 Å². The molecule has 2 aromatic carbocycles. The van der Waals surface area contributed by atoms with Crippen molar-refractivity contribution in [2.45, 2.75) is 51.0 Å². The lowest BCUT2D eigenvalue weighted by molar-refractivity contribution is -0.138. The number of aryl methyl sites for hydroxylation is 1. The molecule has 1 fully saturated rings.